The molecule has 3 N–H and O–H groups in total. The number of Topliss-reactive ketones (excluding diaryl/α,β-unsaturated/α-hetero) is 1. The lowest BCUT2D eigenvalue weighted by atomic mass is 9.33. The first-order chi connectivity index (χ1) is 24.9. The Labute approximate surface area is 325 Å². The number of fused-ring (bicyclic) bond motifs is 7. The molecule has 9 nitrogen and oxygen atoms in total. The van der Waals surface area contributed by atoms with Gasteiger partial charge in [-0.2, -0.15) is 0 Å². The van der Waals surface area contributed by atoms with Gasteiger partial charge in [0, 0.05) is 35.9 Å². The van der Waals surface area contributed by atoms with Crippen molar-refractivity contribution in [3.8, 4) is 0 Å². The lowest BCUT2D eigenvalue weighted by Crippen LogP contribution is -2.66. The zero-order valence-electron chi connectivity index (χ0n) is 35.4. The molecule has 0 radical (unpaired) electrons. The summed E-state index contributed by atoms with van der Waals surface area (Å²) >= 11 is 0. The van der Waals surface area contributed by atoms with E-state index >= 15 is 0 Å². The molecule has 0 saturated heterocycles. The van der Waals surface area contributed by atoms with Gasteiger partial charge >= 0.3 is 11.9 Å². The zero-order valence-corrected chi connectivity index (χ0v) is 35.4. The maximum atomic E-state index is 14.2. The average Bonchev–Trinajstić information content (AvgIpc) is 3.80. The third-order valence-corrected chi connectivity index (χ3v) is 16.9. The van der Waals surface area contributed by atoms with Gasteiger partial charge < -0.3 is 20.3 Å². The Morgan fingerprint density at radius 1 is 0.889 bits per heavy atom. The normalized spacial score (nSPS) is 38.1. The van der Waals surface area contributed by atoms with E-state index in [-0.39, 0.29) is 76.3 Å². The van der Waals surface area contributed by atoms with Crippen molar-refractivity contribution in [3.05, 3.63) is 11.1 Å². The number of esters is 1. The lowest BCUT2D eigenvalue weighted by Gasteiger charge is -2.72. The summed E-state index contributed by atoms with van der Waals surface area (Å²) < 4.78 is 6.17. The highest BCUT2D eigenvalue weighted by molar-refractivity contribution is 6.00. The fourth-order valence-corrected chi connectivity index (χ4v) is 13.5. The van der Waals surface area contributed by atoms with E-state index in [0.717, 1.165) is 69.8 Å². The molecule has 304 valence electrons. The van der Waals surface area contributed by atoms with E-state index < -0.39 is 28.9 Å². The molecule has 9 heteroatoms. The second-order valence-electron chi connectivity index (χ2n) is 21.4. The van der Waals surface area contributed by atoms with Gasteiger partial charge in [0.05, 0.1) is 24.5 Å². The molecule has 6 aliphatic rings. The number of nitrogens with zero attached hydrogens (tertiary/aromatic N) is 1. The smallest absolute Gasteiger partial charge is 0.309 e. The van der Waals surface area contributed by atoms with E-state index in [1.165, 1.54) is 5.57 Å². The zero-order chi connectivity index (χ0) is 40.0. The summed E-state index contributed by atoms with van der Waals surface area (Å²) in [7, 11) is 0. The van der Waals surface area contributed by atoms with Gasteiger partial charge in [0.2, 0.25) is 5.91 Å². The molecule has 6 aliphatic carbocycles. The van der Waals surface area contributed by atoms with Crippen molar-refractivity contribution in [2.45, 2.75) is 178 Å². The number of carbonyl (C=O) groups is 4. The molecule has 0 heterocycles. The van der Waals surface area contributed by atoms with Crippen LogP contribution in [0.3, 0.4) is 0 Å². The van der Waals surface area contributed by atoms with E-state index in [1.807, 2.05) is 0 Å². The molecule has 5 saturated carbocycles. The van der Waals surface area contributed by atoms with E-state index in [0.29, 0.717) is 24.8 Å². The molecular formula is C45H72N2O7. The van der Waals surface area contributed by atoms with Crippen LogP contribution in [0, 0.1) is 56.2 Å². The molecule has 9 atom stereocenters. The fraction of sp³-hybridized carbons (Fsp3) is 0.867. The SMILES string of the molecule is CC(C)C1=C2[C@H]3CCC4C5(C)CCC(OC(=O)CC(C)(C)C(=O)O)C(C)(C)[C@@H]5CC[C@@]4(C)[C@]3(C)CC[C@@]2([C@@H](O)CN(CC(=O)NC2CC2)C(C)C)CC1=O. The summed E-state index contributed by atoms with van der Waals surface area (Å²) in [4.78, 5) is 54.1. The predicted molar refractivity (Wildman–Crippen MR) is 209 cm³/mol. The summed E-state index contributed by atoms with van der Waals surface area (Å²) in [6.07, 6.45) is 8.90. The molecule has 6 rings (SSSR count). The second-order valence-corrected chi connectivity index (χ2v) is 21.4. The molecule has 54 heavy (non-hydrogen) atoms. The summed E-state index contributed by atoms with van der Waals surface area (Å²) in [5.41, 5.74) is 0.189. The lowest BCUT2D eigenvalue weighted by molar-refractivity contribution is -0.235. The molecule has 0 aromatic carbocycles. The standard InChI is InChI=1S/C45H72N2O7/c1-26(2)37-30(48)22-45(33(49)24-47(27(3)4)25-35(50)46-28-12-13-28)21-20-43(10)29(38(37)45)14-15-32-42(9)18-17-34(54-36(51)23-40(5,6)39(52)53)41(7,8)31(42)16-19-44(32,43)11/h26-29,31-34,49H,12-25H2,1-11H3,(H,46,50)(H,52,53)/t29-,31+,32?,33+,34?,42?,43-,44-,45+/m1/s1. The Hall–Kier alpha value is -2.26. The maximum absolute atomic E-state index is 14.2. The number of ether oxygens (including phenoxy) is 1. The van der Waals surface area contributed by atoms with Crippen molar-refractivity contribution in [3.63, 3.8) is 0 Å². The number of ketones is 1. The molecule has 0 aliphatic heterocycles. The summed E-state index contributed by atoms with van der Waals surface area (Å²) in [6.45, 7) is 24.3. The Balaban J connectivity index is 1.27. The van der Waals surface area contributed by atoms with Gasteiger partial charge in [-0.05, 0) is 137 Å². The highest BCUT2D eigenvalue weighted by Crippen LogP contribution is 2.77. The van der Waals surface area contributed by atoms with Crippen LogP contribution in [0.5, 0.6) is 0 Å². The Morgan fingerprint density at radius 2 is 1.56 bits per heavy atom. The Bertz CT molecular complexity index is 1560. The monoisotopic (exact) mass is 753 g/mol. The van der Waals surface area contributed by atoms with Crippen LogP contribution in [-0.4, -0.2) is 76.1 Å². The number of rotatable bonds is 12. The first kappa shape index (κ1) is 41.4. The second kappa shape index (κ2) is 14.0. The number of carboxylic acids is 1. The number of carbonyl (C=O) groups excluding carboxylic acids is 3. The third kappa shape index (κ3) is 6.61. The van der Waals surface area contributed by atoms with Gasteiger partial charge in [-0.1, -0.05) is 54.0 Å². The first-order valence-corrected chi connectivity index (χ1v) is 21.4. The molecule has 5 fully saturated rings. The predicted octanol–water partition coefficient (Wildman–Crippen LogP) is 7.73. The van der Waals surface area contributed by atoms with Crippen LogP contribution in [0.15, 0.2) is 11.1 Å². The number of aliphatic hydroxyl groups excluding tert-OH is 1. The highest BCUT2D eigenvalue weighted by Gasteiger charge is 2.71. The largest absolute Gasteiger partial charge is 0.481 e. The van der Waals surface area contributed by atoms with Crippen molar-refractivity contribution in [2.75, 3.05) is 13.1 Å². The maximum Gasteiger partial charge on any atom is 0.309 e. The van der Waals surface area contributed by atoms with Gasteiger partial charge in [-0.3, -0.25) is 24.1 Å². The summed E-state index contributed by atoms with van der Waals surface area (Å²) in [5.74, 6) is -0.104. The number of aliphatic carboxylic acids is 1. The summed E-state index contributed by atoms with van der Waals surface area (Å²) in [5, 5.41) is 25.2. The highest BCUT2D eigenvalue weighted by atomic mass is 16.5. The van der Waals surface area contributed by atoms with Crippen molar-refractivity contribution in [2.24, 2.45) is 56.2 Å². The van der Waals surface area contributed by atoms with Crippen LogP contribution in [0.2, 0.25) is 0 Å². The number of hydrogen-bond donors (Lipinski definition) is 3. The minimum atomic E-state index is -1.17. The van der Waals surface area contributed by atoms with Gasteiger partial charge in [0.1, 0.15) is 6.10 Å². The number of hydrogen-bond acceptors (Lipinski definition) is 7. The molecular weight excluding hydrogens is 681 g/mol. The quantitative estimate of drug-likeness (QED) is 0.173. The van der Waals surface area contributed by atoms with Crippen molar-refractivity contribution >= 4 is 23.6 Å². The van der Waals surface area contributed by atoms with Gasteiger partial charge in [-0.25, -0.2) is 0 Å². The molecule has 0 spiro atoms. The molecule has 0 aromatic rings. The molecule has 1 amide bonds. The summed E-state index contributed by atoms with van der Waals surface area (Å²) in [6, 6.07) is 0.367. The topological polar surface area (TPSA) is 133 Å². The number of allylic oxidation sites excluding steroid dienone is 1. The van der Waals surface area contributed by atoms with E-state index in [9.17, 15) is 29.4 Å². The van der Waals surface area contributed by atoms with Gasteiger partial charge in [-0.15, -0.1) is 0 Å². The van der Waals surface area contributed by atoms with Gasteiger partial charge in [0.15, 0.2) is 5.78 Å². The number of carboxylic acid groups (broad SMARTS) is 1. The van der Waals surface area contributed by atoms with Crippen LogP contribution in [0.4, 0.5) is 0 Å². The minimum absolute atomic E-state index is 0.0149. The van der Waals surface area contributed by atoms with Crippen LogP contribution in [-0.2, 0) is 23.9 Å². The van der Waals surface area contributed by atoms with E-state index in [4.69, 9.17) is 4.74 Å². The van der Waals surface area contributed by atoms with Crippen molar-refractivity contribution in [1.82, 2.24) is 10.2 Å². The fourth-order valence-electron chi connectivity index (χ4n) is 13.5. The first-order valence-electron chi connectivity index (χ1n) is 21.4. The molecule has 0 aromatic heterocycles. The van der Waals surface area contributed by atoms with E-state index in [1.54, 1.807) is 13.8 Å². The number of amides is 1. The number of aliphatic hydroxyl groups is 1. The minimum Gasteiger partial charge on any atom is -0.481 e. The Kier molecular flexibility index (Phi) is 10.7. The van der Waals surface area contributed by atoms with Crippen molar-refractivity contribution < 1.29 is 34.1 Å². The average molecular weight is 753 g/mol. The number of nitrogens with one attached hydrogen (secondary N) is 1. The Morgan fingerprint density at radius 3 is 2.15 bits per heavy atom. The third-order valence-electron chi connectivity index (χ3n) is 16.9. The van der Waals surface area contributed by atoms with Crippen LogP contribution < -0.4 is 5.32 Å². The molecule has 3 unspecified atom stereocenters. The molecule has 0 bridgehead atoms. The van der Waals surface area contributed by atoms with Crippen LogP contribution >= 0.6 is 0 Å². The van der Waals surface area contributed by atoms with Crippen LogP contribution in [0.1, 0.15) is 153 Å². The van der Waals surface area contributed by atoms with Gasteiger partial charge in [0.25, 0.3) is 0 Å². The van der Waals surface area contributed by atoms with E-state index in [2.05, 4.69) is 72.5 Å². The van der Waals surface area contributed by atoms with Crippen molar-refractivity contribution in [1.29, 1.82) is 0 Å². The van der Waals surface area contributed by atoms with Crippen LogP contribution in [0.25, 0.3) is 0 Å².